The molecule has 57 valence electrons. The van der Waals surface area contributed by atoms with E-state index in [-0.39, 0.29) is 5.66 Å². The van der Waals surface area contributed by atoms with Gasteiger partial charge in [-0.05, 0) is 6.92 Å². The van der Waals surface area contributed by atoms with E-state index in [0.717, 1.165) is 0 Å². The van der Waals surface area contributed by atoms with Crippen LogP contribution in [0.25, 0.3) is 0 Å². The number of nitriles is 1. The van der Waals surface area contributed by atoms with Crippen molar-refractivity contribution >= 4 is 7.60 Å². The Hall–Kier alpha value is -0.360. The second kappa shape index (κ2) is 3.72. The van der Waals surface area contributed by atoms with Gasteiger partial charge in [0.1, 0.15) is 0 Å². The Kier molecular flexibility index (Phi) is 3.59. The average molecular weight is 162 g/mol. The maximum Gasteiger partial charge on any atom is 0.352 e. The SMILES string of the molecule is COP(=O)(OC)[C](C)C#N. The Balaban J connectivity index is 4.37. The zero-order chi connectivity index (χ0) is 8.20. The van der Waals surface area contributed by atoms with Crippen LogP contribution in [0.15, 0.2) is 0 Å². The molecule has 5 heteroatoms. The maximum absolute atomic E-state index is 11.2. The minimum Gasteiger partial charge on any atom is -0.311 e. The van der Waals surface area contributed by atoms with Gasteiger partial charge in [0.25, 0.3) is 0 Å². The second-order valence-electron chi connectivity index (χ2n) is 1.56. The van der Waals surface area contributed by atoms with Gasteiger partial charge in [-0.1, -0.05) is 0 Å². The van der Waals surface area contributed by atoms with Gasteiger partial charge >= 0.3 is 7.60 Å². The molecule has 0 aromatic rings. The molecule has 0 aliphatic rings. The van der Waals surface area contributed by atoms with Gasteiger partial charge in [0.05, 0.1) is 6.07 Å². The van der Waals surface area contributed by atoms with Crippen LogP contribution in [0.5, 0.6) is 0 Å². The van der Waals surface area contributed by atoms with E-state index in [1.807, 2.05) is 0 Å². The molecular weight excluding hydrogens is 153 g/mol. The van der Waals surface area contributed by atoms with Gasteiger partial charge in [0.2, 0.25) is 0 Å². The second-order valence-corrected chi connectivity index (χ2v) is 3.96. The Bertz CT molecular complexity index is 178. The molecule has 0 saturated heterocycles. The Morgan fingerprint density at radius 2 is 1.90 bits per heavy atom. The molecule has 0 saturated carbocycles. The molecule has 10 heavy (non-hydrogen) atoms. The highest BCUT2D eigenvalue weighted by atomic mass is 31.2. The van der Waals surface area contributed by atoms with E-state index in [2.05, 4.69) is 9.05 Å². The minimum absolute atomic E-state index is 0.0671. The van der Waals surface area contributed by atoms with E-state index in [4.69, 9.17) is 5.26 Å². The third-order valence-electron chi connectivity index (χ3n) is 1.05. The summed E-state index contributed by atoms with van der Waals surface area (Å²) < 4.78 is 20.2. The summed E-state index contributed by atoms with van der Waals surface area (Å²) in [6, 6.07) is 1.71. The van der Waals surface area contributed by atoms with Gasteiger partial charge in [-0.25, -0.2) is 0 Å². The summed E-state index contributed by atoms with van der Waals surface area (Å²) in [5, 5.41) is 8.31. The normalized spacial score (nSPS) is 11.5. The summed E-state index contributed by atoms with van der Waals surface area (Å²) in [5.41, 5.74) is 0.0671. The van der Waals surface area contributed by atoms with E-state index >= 15 is 0 Å². The number of hydrogen-bond donors (Lipinski definition) is 0. The molecule has 0 heterocycles. The van der Waals surface area contributed by atoms with Crippen LogP contribution in [0.4, 0.5) is 0 Å². The highest BCUT2D eigenvalue weighted by Crippen LogP contribution is 2.55. The van der Waals surface area contributed by atoms with Crippen LogP contribution >= 0.6 is 7.60 Å². The number of nitrogens with zero attached hydrogens (tertiary/aromatic N) is 1. The zero-order valence-corrected chi connectivity index (χ0v) is 7.01. The lowest BCUT2D eigenvalue weighted by Crippen LogP contribution is -1.95. The van der Waals surface area contributed by atoms with Crippen LogP contribution < -0.4 is 0 Å². The lowest BCUT2D eigenvalue weighted by Gasteiger charge is -2.13. The summed E-state index contributed by atoms with van der Waals surface area (Å²) in [6.07, 6.45) is 0. The van der Waals surface area contributed by atoms with E-state index in [0.29, 0.717) is 0 Å². The molecule has 0 rings (SSSR count). The number of rotatable bonds is 3. The van der Waals surface area contributed by atoms with Crippen LogP contribution in [0.2, 0.25) is 0 Å². The predicted molar refractivity (Wildman–Crippen MR) is 36.2 cm³/mol. The fraction of sp³-hybridized carbons (Fsp3) is 0.600. The highest BCUT2D eigenvalue weighted by Gasteiger charge is 2.30. The quantitative estimate of drug-likeness (QED) is 0.590. The van der Waals surface area contributed by atoms with Crippen molar-refractivity contribution in [3.63, 3.8) is 0 Å². The third-order valence-corrected chi connectivity index (χ3v) is 2.94. The van der Waals surface area contributed by atoms with Gasteiger partial charge in [-0.3, -0.25) is 4.57 Å². The molecule has 0 fully saturated rings. The van der Waals surface area contributed by atoms with Crippen molar-refractivity contribution in [3.05, 3.63) is 5.66 Å². The summed E-state index contributed by atoms with van der Waals surface area (Å²) in [6.45, 7) is 1.41. The van der Waals surface area contributed by atoms with Gasteiger partial charge < -0.3 is 9.05 Å². The molecule has 0 N–H and O–H groups in total. The van der Waals surface area contributed by atoms with Gasteiger partial charge in [-0.2, -0.15) is 5.26 Å². The first-order chi connectivity index (χ1) is 4.60. The van der Waals surface area contributed by atoms with Crippen LogP contribution in [0.1, 0.15) is 6.92 Å². The first kappa shape index (κ1) is 9.64. The van der Waals surface area contributed by atoms with E-state index in [9.17, 15) is 4.57 Å². The van der Waals surface area contributed by atoms with Crippen molar-refractivity contribution in [1.82, 2.24) is 0 Å². The molecule has 0 aliphatic carbocycles. The first-order valence-electron chi connectivity index (χ1n) is 2.56. The topological polar surface area (TPSA) is 59.3 Å². The maximum atomic E-state index is 11.2. The van der Waals surface area contributed by atoms with Crippen LogP contribution in [0, 0.1) is 17.0 Å². The molecule has 0 aromatic carbocycles. The largest absolute Gasteiger partial charge is 0.352 e. The van der Waals surface area contributed by atoms with Crippen molar-refractivity contribution in [2.75, 3.05) is 14.2 Å². The highest BCUT2D eigenvalue weighted by molar-refractivity contribution is 7.57. The summed E-state index contributed by atoms with van der Waals surface area (Å²) in [4.78, 5) is 0. The van der Waals surface area contributed by atoms with Crippen molar-refractivity contribution in [2.24, 2.45) is 0 Å². The smallest absolute Gasteiger partial charge is 0.311 e. The van der Waals surface area contributed by atoms with E-state index in [1.54, 1.807) is 6.07 Å². The third kappa shape index (κ3) is 1.81. The molecule has 1 radical (unpaired) electrons. The lowest BCUT2D eigenvalue weighted by atomic mass is 10.5. The monoisotopic (exact) mass is 162 g/mol. The molecule has 0 aliphatic heterocycles. The fourth-order valence-electron chi connectivity index (χ4n) is 0.410. The molecule has 0 unspecified atom stereocenters. The Labute approximate surface area is 60.3 Å². The van der Waals surface area contributed by atoms with Gasteiger partial charge in [0, 0.05) is 14.2 Å². The fourth-order valence-corrected chi connectivity index (χ4v) is 1.23. The van der Waals surface area contributed by atoms with E-state index < -0.39 is 7.60 Å². The van der Waals surface area contributed by atoms with Crippen LogP contribution in [-0.2, 0) is 13.6 Å². The summed E-state index contributed by atoms with van der Waals surface area (Å²) in [5.74, 6) is 0. The van der Waals surface area contributed by atoms with Gasteiger partial charge in [0.15, 0.2) is 5.66 Å². The summed E-state index contributed by atoms with van der Waals surface area (Å²) >= 11 is 0. The van der Waals surface area contributed by atoms with Crippen LogP contribution in [0.3, 0.4) is 0 Å². The standard InChI is InChI=1S/C5H9NO3P/c1-5(4-6)10(7,8-2)9-3/h1-3H3. The zero-order valence-electron chi connectivity index (χ0n) is 6.12. The molecular formula is C5H9NO3P. The van der Waals surface area contributed by atoms with Gasteiger partial charge in [-0.15, -0.1) is 0 Å². The molecule has 4 nitrogen and oxygen atoms in total. The van der Waals surface area contributed by atoms with Crippen molar-refractivity contribution in [3.8, 4) is 6.07 Å². The summed E-state index contributed by atoms with van der Waals surface area (Å²) in [7, 11) is -0.734. The average Bonchev–Trinajstić information content (AvgIpc) is 2.01. The first-order valence-corrected chi connectivity index (χ1v) is 4.10. The van der Waals surface area contributed by atoms with Crippen molar-refractivity contribution in [1.29, 1.82) is 5.26 Å². The lowest BCUT2D eigenvalue weighted by molar-refractivity contribution is 0.279. The van der Waals surface area contributed by atoms with Crippen molar-refractivity contribution in [2.45, 2.75) is 6.92 Å². The molecule has 0 amide bonds. The molecule has 0 atom stereocenters. The molecule has 0 bridgehead atoms. The number of hydrogen-bond acceptors (Lipinski definition) is 4. The van der Waals surface area contributed by atoms with E-state index in [1.165, 1.54) is 21.1 Å². The molecule has 0 spiro atoms. The minimum atomic E-state index is -3.22. The predicted octanol–water partition coefficient (Wildman–Crippen LogP) is 1.55. The Morgan fingerprint density at radius 3 is 2.00 bits per heavy atom. The Morgan fingerprint density at radius 1 is 1.50 bits per heavy atom. The molecule has 0 aromatic heterocycles. The van der Waals surface area contributed by atoms with Crippen molar-refractivity contribution < 1.29 is 13.6 Å². The van der Waals surface area contributed by atoms with Crippen LogP contribution in [-0.4, -0.2) is 14.2 Å².